The molecule has 0 aliphatic carbocycles. The first-order valence-electron chi connectivity index (χ1n) is 14.0. The van der Waals surface area contributed by atoms with Crippen LogP contribution >= 0.6 is 0 Å². The van der Waals surface area contributed by atoms with Crippen LogP contribution in [0, 0.1) is 5.92 Å². The van der Waals surface area contributed by atoms with E-state index in [1.165, 1.54) is 6.92 Å². The van der Waals surface area contributed by atoms with Crippen LogP contribution in [0.3, 0.4) is 0 Å². The number of ether oxygens (including phenoxy) is 5. The van der Waals surface area contributed by atoms with Crippen molar-refractivity contribution >= 4 is 11.9 Å². The molecule has 1 fully saturated rings. The van der Waals surface area contributed by atoms with Crippen LogP contribution in [0.15, 0.2) is 72.8 Å². The van der Waals surface area contributed by atoms with Crippen molar-refractivity contribution in [3.8, 4) is 17.2 Å². The fourth-order valence-corrected chi connectivity index (χ4v) is 5.36. The van der Waals surface area contributed by atoms with Crippen molar-refractivity contribution < 1.29 is 33.3 Å². The molecular formula is C33H39NO7. The quantitative estimate of drug-likeness (QED) is 0.169. The molecule has 0 saturated carbocycles. The monoisotopic (exact) mass is 561 g/mol. The van der Waals surface area contributed by atoms with Gasteiger partial charge in [0.05, 0.1) is 33.4 Å². The maximum atomic E-state index is 12.4. The minimum Gasteiger partial charge on any atom is -0.497 e. The highest BCUT2D eigenvalue weighted by atomic mass is 16.5. The second-order valence-electron chi connectivity index (χ2n) is 10.00. The molecule has 1 saturated heterocycles. The zero-order valence-corrected chi connectivity index (χ0v) is 24.3. The van der Waals surface area contributed by atoms with E-state index < -0.39 is 5.60 Å². The predicted octanol–water partition coefficient (Wildman–Crippen LogP) is 5.21. The normalized spacial score (nSPS) is 15.7. The van der Waals surface area contributed by atoms with Crippen LogP contribution in [0.1, 0.15) is 43.4 Å². The average Bonchev–Trinajstić information content (AvgIpc) is 3.00. The maximum absolute atomic E-state index is 12.4. The summed E-state index contributed by atoms with van der Waals surface area (Å²) in [7, 11) is 3.27. The third-order valence-corrected chi connectivity index (χ3v) is 7.37. The number of esters is 2. The van der Waals surface area contributed by atoms with Crippen molar-refractivity contribution in [2.24, 2.45) is 5.92 Å². The third kappa shape index (κ3) is 7.26. The first kappa shape index (κ1) is 30.1. The number of methoxy groups -OCH3 is 2. The first-order chi connectivity index (χ1) is 19.9. The van der Waals surface area contributed by atoms with Crippen molar-refractivity contribution in [2.45, 2.75) is 32.3 Å². The molecule has 0 spiro atoms. The van der Waals surface area contributed by atoms with E-state index in [2.05, 4.69) is 4.90 Å². The number of hydrogen-bond acceptors (Lipinski definition) is 8. The summed E-state index contributed by atoms with van der Waals surface area (Å²) in [6.45, 7) is 6.20. The topological polar surface area (TPSA) is 83.5 Å². The Hall–Kier alpha value is -3.88. The summed E-state index contributed by atoms with van der Waals surface area (Å²) in [4.78, 5) is 26.2. The Labute approximate surface area is 242 Å². The molecule has 8 heteroatoms. The van der Waals surface area contributed by atoms with Crippen molar-refractivity contribution in [2.75, 3.05) is 47.1 Å². The Bertz CT molecular complexity index is 1220. The van der Waals surface area contributed by atoms with Gasteiger partial charge >= 0.3 is 11.9 Å². The van der Waals surface area contributed by atoms with Gasteiger partial charge in [0.2, 0.25) is 0 Å². The molecule has 1 heterocycles. The van der Waals surface area contributed by atoms with Gasteiger partial charge in [0.1, 0.15) is 22.8 Å². The Morgan fingerprint density at radius 2 is 1.34 bits per heavy atom. The largest absolute Gasteiger partial charge is 0.497 e. The van der Waals surface area contributed by atoms with Crippen molar-refractivity contribution in [1.29, 1.82) is 0 Å². The number of nitrogens with zero attached hydrogens (tertiary/aromatic N) is 1. The van der Waals surface area contributed by atoms with Gasteiger partial charge in [-0.05, 0) is 79.4 Å². The number of likely N-dealkylation sites (tertiary alicyclic amines) is 1. The van der Waals surface area contributed by atoms with E-state index in [1.54, 1.807) is 26.4 Å². The number of rotatable bonds is 12. The zero-order valence-electron chi connectivity index (χ0n) is 24.3. The first-order valence-corrected chi connectivity index (χ1v) is 14.0. The average molecular weight is 562 g/mol. The summed E-state index contributed by atoms with van der Waals surface area (Å²) in [6, 6.07) is 23.1. The molecule has 1 unspecified atom stereocenters. The highest BCUT2D eigenvalue weighted by Gasteiger charge is 2.38. The van der Waals surface area contributed by atoms with Gasteiger partial charge in [-0.15, -0.1) is 0 Å². The van der Waals surface area contributed by atoms with E-state index in [-0.39, 0.29) is 17.9 Å². The van der Waals surface area contributed by atoms with Gasteiger partial charge in [0.15, 0.2) is 0 Å². The molecule has 8 nitrogen and oxygen atoms in total. The van der Waals surface area contributed by atoms with E-state index in [1.807, 2.05) is 67.6 Å². The van der Waals surface area contributed by atoms with E-state index in [0.717, 1.165) is 47.6 Å². The minimum atomic E-state index is -0.996. The fourth-order valence-electron chi connectivity index (χ4n) is 5.36. The lowest BCUT2D eigenvalue weighted by molar-refractivity contribution is -0.150. The summed E-state index contributed by atoms with van der Waals surface area (Å²) in [5.74, 6) is 1.30. The Morgan fingerprint density at radius 3 is 1.80 bits per heavy atom. The standard InChI is InChI=1S/C33H39NO7/c1-5-39-32(36)25-7-6-20-34(23-25)21-22-40-33(26-8-14-29(37-3)15-9-26,27-10-16-30(38-4)17-11-27)28-12-18-31(19-13-28)41-24(2)35/h8-19,25H,5-7,20-23H2,1-4H3. The molecule has 1 atom stereocenters. The summed E-state index contributed by atoms with van der Waals surface area (Å²) in [5.41, 5.74) is 1.69. The maximum Gasteiger partial charge on any atom is 0.310 e. The number of carbonyl (C=O) groups excluding carboxylic acids is 2. The van der Waals surface area contributed by atoms with Crippen molar-refractivity contribution in [3.63, 3.8) is 0 Å². The van der Waals surface area contributed by atoms with Crippen LogP contribution in [0.25, 0.3) is 0 Å². The molecule has 0 bridgehead atoms. The molecule has 0 radical (unpaired) electrons. The molecule has 218 valence electrons. The second kappa shape index (κ2) is 14.1. The van der Waals surface area contributed by atoms with E-state index in [4.69, 9.17) is 23.7 Å². The van der Waals surface area contributed by atoms with E-state index in [9.17, 15) is 9.59 Å². The molecule has 1 aliphatic rings. The molecule has 0 N–H and O–H groups in total. The number of carbonyl (C=O) groups is 2. The highest BCUT2D eigenvalue weighted by molar-refractivity contribution is 5.72. The molecule has 3 aromatic carbocycles. The molecule has 0 aromatic heterocycles. The fraction of sp³-hybridized carbons (Fsp3) is 0.394. The second-order valence-corrected chi connectivity index (χ2v) is 10.00. The lowest BCUT2D eigenvalue weighted by atomic mass is 9.80. The van der Waals surface area contributed by atoms with Crippen LogP contribution in [0.2, 0.25) is 0 Å². The lowest BCUT2D eigenvalue weighted by Gasteiger charge is -2.37. The third-order valence-electron chi connectivity index (χ3n) is 7.37. The minimum absolute atomic E-state index is 0.120. The summed E-state index contributed by atoms with van der Waals surface area (Å²) >= 11 is 0. The number of piperidine rings is 1. The van der Waals surface area contributed by atoms with Gasteiger partial charge < -0.3 is 28.6 Å². The van der Waals surface area contributed by atoms with Crippen LogP contribution < -0.4 is 14.2 Å². The van der Waals surface area contributed by atoms with Crippen molar-refractivity contribution in [1.82, 2.24) is 4.90 Å². The Balaban J connectivity index is 1.71. The highest BCUT2D eigenvalue weighted by Crippen LogP contribution is 2.42. The summed E-state index contributed by atoms with van der Waals surface area (Å²) < 4.78 is 28.4. The lowest BCUT2D eigenvalue weighted by Crippen LogP contribution is -2.42. The van der Waals surface area contributed by atoms with Gasteiger partial charge in [-0.3, -0.25) is 9.59 Å². The zero-order chi connectivity index (χ0) is 29.2. The molecule has 0 amide bonds. The van der Waals surface area contributed by atoms with Gasteiger partial charge in [-0.25, -0.2) is 0 Å². The van der Waals surface area contributed by atoms with Crippen LogP contribution in [-0.4, -0.2) is 63.9 Å². The van der Waals surface area contributed by atoms with Gasteiger partial charge in [-0.2, -0.15) is 0 Å². The number of benzene rings is 3. The Morgan fingerprint density at radius 1 is 0.829 bits per heavy atom. The van der Waals surface area contributed by atoms with E-state index >= 15 is 0 Å². The van der Waals surface area contributed by atoms with Crippen LogP contribution in [0.4, 0.5) is 0 Å². The van der Waals surface area contributed by atoms with Crippen molar-refractivity contribution in [3.05, 3.63) is 89.5 Å². The summed E-state index contributed by atoms with van der Waals surface area (Å²) in [6.07, 6.45) is 1.77. The molecule has 1 aliphatic heterocycles. The van der Waals surface area contributed by atoms with Gasteiger partial charge in [0, 0.05) is 20.0 Å². The molecular weight excluding hydrogens is 522 g/mol. The predicted molar refractivity (Wildman–Crippen MR) is 155 cm³/mol. The van der Waals surface area contributed by atoms with E-state index in [0.29, 0.717) is 32.1 Å². The van der Waals surface area contributed by atoms with Gasteiger partial charge in [0.25, 0.3) is 0 Å². The number of hydrogen-bond donors (Lipinski definition) is 0. The SMILES string of the molecule is CCOC(=O)C1CCCN(CCOC(c2ccc(OC)cc2)(c2ccc(OC)cc2)c2ccc(OC(C)=O)cc2)C1. The molecule has 41 heavy (non-hydrogen) atoms. The molecule has 4 rings (SSSR count). The van der Waals surface area contributed by atoms with Crippen LogP contribution in [-0.2, 0) is 24.7 Å². The van der Waals surface area contributed by atoms with Gasteiger partial charge in [-0.1, -0.05) is 36.4 Å². The Kier molecular flexibility index (Phi) is 10.4. The summed E-state index contributed by atoms with van der Waals surface area (Å²) in [5, 5.41) is 0. The van der Waals surface area contributed by atoms with Crippen LogP contribution in [0.5, 0.6) is 17.2 Å². The smallest absolute Gasteiger partial charge is 0.310 e. The molecule has 3 aromatic rings.